The molecule has 1 unspecified atom stereocenters. The van der Waals surface area contributed by atoms with E-state index in [0.717, 1.165) is 21.7 Å². The Bertz CT molecular complexity index is 505. The second kappa shape index (κ2) is 4.23. The maximum Gasteiger partial charge on any atom is 0.120 e. The second-order valence-corrected chi connectivity index (χ2v) is 4.68. The van der Waals surface area contributed by atoms with Crippen molar-refractivity contribution in [3.63, 3.8) is 0 Å². The van der Waals surface area contributed by atoms with Crippen LogP contribution in [0.1, 0.15) is 24.2 Å². The highest BCUT2D eigenvalue weighted by Crippen LogP contribution is 2.32. The number of nitrogens with two attached hydrogens (primary N) is 1. The van der Waals surface area contributed by atoms with Crippen LogP contribution in [0, 0.1) is 6.92 Å². The first-order chi connectivity index (χ1) is 7.59. The molecule has 0 bridgehead atoms. The molecule has 1 aromatic heterocycles. The largest absolute Gasteiger partial charge is 0.508 e. The smallest absolute Gasteiger partial charge is 0.120 e. The van der Waals surface area contributed by atoms with E-state index in [0.29, 0.717) is 0 Å². The molecule has 3 N–H and O–H groups in total. The van der Waals surface area contributed by atoms with E-state index in [1.54, 1.807) is 22.9 Å². The fourth-order valence-corrected chi connectivity index (χ4v) is 2.45. The number of aromatic nitrogens is 1. The molecule has 0 aliphatic carbocycles. The van der Waals surface area contributed by atoms with Gasteiger partial charge in [-0.25, -0.2) is 4.98 Å². The summed E-state index contributed by atoms with van der Waals surface area (Å²) < 4.78 is 0. The van der Waals surface area contributed by atoms with E-state index in [1.165, 1.54) is 0 Å². The van der Waals surface area contributed by atoms with Crippen molar-refractivity contribution in [3.8, 4) is 16.2 Å². The van der Waals surface area contributed by atoms with Crippen molar-refractivity contribution < 1.29 is 5.11 Å². The lowest BCUT2D eigenvalue weighted by Crippen LogP contribution is -2.04. The summed E-state index contributed by atoms with van der Waals surface area (Å²) in [6.07, 6.45) is 0. The maximum absolute atomic E-state index is 9.86. The minimum atomic E-state index is -0.156. The average molecular weight is 234 g/mol. The summed E-state index contributed by atoms with van der Waals surface area (Å²) in [7, 11) is 0. The number of phenolic OH excluding ortho intramolecular Hbond substituents is 1. The Kier molecular flexibility index (Phi) is 2.94. The summed E-state index contributed by atoms with van der Waals surface area (Å²) in [5.74, 6) is 0.250. The molecular formula is C12H14N2OS. The number of hydrogen-bond acceptors (Lipinski definition) is 4. The van der Waals surface area contributed by atoms with Crippen LogP contribution in [0.3, 0.4) is 0 Å². The fourth-order valence-electron chi connectivity index (χ4n) is 1.65. The minimum absolute atomic E-state index is 0.156. The number of thiazole rings is 1. The number of phenols is 1. The van der Waals surface area contributed by atoms with E-state index in [1.807, 2.05) is 26.0 Å². The third-order valence-electron chi connectivity index (χ3n) is 2.53. The van der Waals surface area contributed by atoms with Gasteiger partial charge in [0.05, 0.1) is 16.1 Å². The van der Waals surface area contributed by atoms with Crippen molar-refractivity contribution >= 4 is 11.3 Å². The molecule has 0 aliphatic rings. The van der Waals surface area contributed by atoms with Gasteiger partial charge in [-0.3, -0.25) is 0 Å². The van der Waals surface area contributed by atoms with Crippen molar-refractivity contribution in [2.45, 2.75) is 19.9 Å². The molecule has 2 aromatic rings. The number of rotatable bonds is 2. The van der Waals surface area contributed by atoms with E-state index in [-0.39, 0.29) is 11.8 Å². The zero-order chi connectivity index (χ0) is 11.7. The first kappa shape index (κ1) is 11.1. The lowest BCUT2D eigenvalue weighted by Gasteiger charge is -2.09. The number of nitrogens with zero attached hydrogens (tertiary/aromatic N) is 1. The molecule has 1 atom stereocenters. The van der Waals surface area contributed by atoms with Gasteiger partial charge in [0.1, 0.15) is 5.75 Å². The third-order valence-corrected chi connectivity index (χ3v) is 3.51. The summed E-state index contributed by atoms with van der Waals surface area (Å²) in [5, 5.41) is 9.86. The number of aryl methyl sites for hydroxylation is 1. The Labute approximate surface area is 98.6 Å². The lowest BCUT2D eigenvalue weighted by atomic mass is 10.0. The van der Waals surface area contributed by atoms with Crippen LogP contribution in [0.4, 0.5) is 0 Å². The van der Waals surface area contributed by atoms with E-state index < -0.39 is 0 Å². The van der Waals surface area contributed by atoms with Gasteiger partial charge in [-0.1, -0.05) is 12.1 Å². The van der Waals surface area contributed by atoms with Crippen LogP contribution in [0.15, 0.2) is 23.7 Å². The molecule has 0 saturated heterocycles. The van der Waals surface area contributed by atoms with Crippen LogP contribution in [0.25, 0.3) is 10.4 Å². The van der Waals surface area contributed by atoms with Gasteiger partial charge in [0.2, 0.25) is 0 Å². The van der Waals surface area contributed by atoms with Gasteiger partial charge in [0.25, 0.3) is 0 Å². The van der Waals surface area contributed by atoms with Crippen molar-refractivity contribution in [3.05, 3.63) is 35.0 Å². The van der Waals surface area contributed by atoms with Crippen LogP contribution in [-0.4, -0.2) is 10.1 Å². The quantitative estimate of drug-likeness (QED) is 0.840. The van der Waals surface area contributed by atoms with Gasteiger partial charge in [0, 0.05) is 11.6 Å². The first-order valence-corrected chi connectivity index (χ1v) is 5.96. The molecule has 84 valence electrons. The van der Waals surface area contributed by atoms with Crippen LogP contribution >= 0.6 is 11.3 Å². The van der Waals surface area contributed by atoms with E-state index in [9.17, 15) is 5.11 Å². The van der Waals surface area contributed by atoms with Crippen molar-refractivity contribution in [2.24, 2.45) is 5.73 Å². The molecule has 0 aliphatic heterocycles. The zero-order valence-electron chi connectivity index (χ0n) is 9.27. The average Bonchev–Trinajstić information content (AvgIpc) is 2.63. The minimum Gasteiger partial charge on any atom is -0.508 e. The summed E-state index contributed by atoms with van der Waals surface area (Å²) in [4.78, 5) is 5.28. The third kappa shape index (κ3) is 1.94. The zero-order valence-corrected chi connectivity index (χ0v) is 10.1. The molecule has 4 heteroatoms. The molecule has 0 saturated carbocycles. The molecular weight excluding hydrogens is 220 g/mol. The second-order valence-electron chi connectivity index (χ2n) is 3.83. The molecule has 16 heavy (non-hydrogen) atoms. The van der Waals surface area contributed by atoms with E-state index in [2.05, 4.69) is 4.98 Å². The molecule has 0 fully saturated rings. The Hall–Kier alpha value is -1.39. The van der Waals surface area contributed by atoms with Crippen LogP contribution in [0.2, 0.25) is 0 Å². The van der Waals surface area contributed by atoms with Crippen LogP contribution in [0.5, 0.6) is 5.75 Å². The standard InChI is InChI=1S/C12H14N2OS/c1-7(13)10-4-3-9(5-11(10)15)12-8(2)14-6-16-12/h3-7,15H,13H2,1-2H3. The van der Waals surface area contributed by atoms with Crippen molar-refractivity contribution in [2.75, 3.05) is 0 Å². The number of aromatic hydroxyl groups is 1. The Morgan fingerprint density at radius 2 is 2.19 bits per heavy atom. The highest BCUT2D eigenvalue weighted by atomic mass is 32.1. The molecule has 2 rings (SSSR count). The van der Waals surface area contributed by atoms with Crippen LogP contribution < -0.4 is 5.73 Å². The van der Waals surface area contributed by atoms with Crippen LogP contribution in [-0.2, 0) is 0 Å². The predicted octanol–water partition coefficient (Wildman–Crippen LogP) is 2.84. The molecule has 0 amide bonds. The van der Waals surface area contributed by atoms with Crippen molar-refractivity contribution in [1.29, 1.82) is 0 Å². The lowest BCUT2D eigenvalue weighted by molar-refractivity contribution is 0.464. The van der Waals surface area contributed by atoms with Gasteiger partial charge in [-0.15, -0.1) is 11.3 Å². The van der Waals surface area contributed by atoms with Gasteiger partial charge in [0.15, 0.2) is 0 Å². The molecule has 1 aromatic carbocycles. The summed E-state index contributed by atoms with van der Waals surface area (Å²) >= 11 is 1.57. The number of hydrogen-bond donors (Lipinski definition) is 2. The van der Waals surface area contributed by atoms with Gasteiger partial charge < -0.3 is 10.8 Å². The summed E-state index contributed by atoms with van der Waals surface area (Å²) in [5.41, 5.74) is 10.3. The van der Waals surface area contributed by atoms with Gasteiger partial charge in [-0.2, -0.15) is 0 Å². The highest BCUT2D eigenvalue weighted by Gasteiger charge is 2.10. The number of benzene rings is 1. The summed E-state index contributed by atoms with van der Waals surface area (Å²) in [6.45, 7) is 3.81. The highest BCUT2D eigenvalue weighted by molar-refractivity contribution is 7.13. The van der Waals surface area contributed by atoms with Gasteiger partial charge in [-0.05, 0) is 25.5 Å². The van der Waals surface area contributed by atoms with Crippen molar-refractivity contribution in [1.82, 2.24) is 4.98 Å². The predicted molar refractivity (Wildman–Crippen MR) is 66.6 cm³/mol. The summed E-state index contributed by atoms with van der Waals surface area (Å²) in [6, 6.07) is 5.43. The topological polar surface area (TPSA) is 59.1 Å². The fraction of sp³-hybridized carbons (Fsp3) is 0.250. The Morgan fingerprint density at radius 3 is 2.69 bits per heavy atom. The maximum atomic E-state index is 9.86. The molecule has 1 heterocycles. The SMILES string of the molecule is Cc1ncsc1-c1ccc(C(C)N)c(O)c1. The Balaban J connectivity index is 2.46. The normalized spacial score (nSPS) is 12.7. The Morgan fingerprint density at radius 1 is 1.44 bits per heavy atom. The van der Waals surface area contributed by atoms with Gasteiger partial charge >= 0.3 is 0 Å². The van der Waals surface area contributed by atoms with E-state index >= 15 is 0 Å². The monoisotopic (exact) mass is 234 g/mol. The first-order valence-electron chi connectivity index (χ1n) is 5.08. The molecule has 0 radical (unpaired) electrons. The molecule has 0 spiro atoms. The van der Waals surface area contributed by atoms with E-state index in [4.69, 9.17) is 5.73 Å². The molecule has 3 nitrogen and oxygen atoms in total.